The molecule has 0 aliphatic carbocycles. The molecule has 1 heterocycles. The van der Waals surface area contributed by atoms with E-state index in [1.807, 2.05) is 10.7 Å². The van der Waals surface area contributed by atoms with Crippen LogP contribution in [0.1, 0.15) is 30.6 Å². The SMILES string of the molecule is CCCn1ncc(Br)c1C(N)c1ccc(Cl)cc1Cl. The molecule has 1 atom stereocenters. The molecule has 0 amide bonds. The molecule has 1 aromatic heterocycles. The van der Waals surface area contributed by atoms with Crippen molar-refractivity contribution in [3.8, 4) is 0 Å². The normalized spacial score (nSPS) is 12.7. The number of rotatable bonds is 4. The average molecular weight is 363 g/mol. The summed E-state index contributed by atoms with van der Waals surface area (Å²) >= 11 is 15.6. The quantitative estimate of drug-likeness (QED) is 0.875. The van der Waals surface area contributed by atoms with E-state index in [1.165, 1.54) is 0 Å². The number of aryl methyl sites for hydroxylation is 1. The van der Waals surface area contributed by atoms with Crippen LogP contribution < -0.4 is 5.73 Å². The van der Waals surface area contributed by atoms with Crippen LogP contribution in [-0.4, -0.2) is 9.78 Å². The van der Waals surface area contributed by atoms with Crippen LogP contribution in [0.15, 0.2) is 28.9 Å². The van der Waals surface area contributed by atoms with Gasteiger partial charge >= 0.3 is 0 Å². The molecule has 0 bridgehead atoms. The van der Waals surface area contributed by atoms with Crippen molar-refractivity contribution in [3.63, 3.8) is 0 Å². The van der Waals surface area contributed by atoms with E-state index in [2.05, 4.69) is 28.0 Å². The first-order valence-electron chi connectivity index (χ1n) is 5.96. The summed E-state index contributed by atoms with van der Waals surface area (Å²) in [5, 5.41) is 5.48. The number of hydrogen-bond acceptors (Lipinski definition) is 2. The van der Waals surface area contributed by atoms with Crippen LogP contribution in [0.3, 0.4) is 0 Å². The predicted molar refractivity (Wildman–Crippen MR) is 82.7 cm³/mol. The summed E-state index contributed by atoms with van der Waals surface area (Å²) < 4.78 is 2.79. The minimum absolute atomic E-state index is 0.340. The first kappa shape index (κ1) is 14.9. The van der Waals surface area contributed by atoms with Gasteiger partial charge in [0.25, 0.3) is 0 Å². The molecule has 1 aromatic carbocycles. The van der Waals surface area contributed by atoms with E-state index >= 15 is 0 Å². The van der Waals surface area contributed by atoms with Crippen LogP contribution in [0, 0.1) is 0 Å². The first-order chi connectivity index (χ1) is 9.04. The lowest BCUT2D eigenvalue weighted by Crippen LogP contribution is -2.18. The molecule has 6 heteroatoms. The third-order valence-corrected chi connectivity index (χ3v) is 4.03. The van der Waals surface area contributed by atoms with Crippen LogP contribution in [0.2, 0.25) is 10.0 Å². The van der Waals surface area contributed by atoms with Gasteiger partial charge < -0.3 is 5.73 Å². The largest absolute Gasteiger partial charge is 0.319 e. The van der Waals surface area contributed by atoms with Gasteiger partial charge in [0.15, 0.2) is 0 Å². The number of aromatic nitrogens is 2. The fourth-order valence-corrected chi connectivity index (χ4v) is 3.04. The van der Waals surface area contributed by atoms with Crippen molar-refractivity contribution in [1.82, 2.24) is 9.78 Å². The molecule has 3 nitrogen and oxygen atoms in total. The zero-order chi connectivity index (χ0) is 14.0. The zero-order valence-corrected chi connectivity index (χ0v) is 13.5. The van der Waals surface area contributed by atoms with Crippen molar-refractivity contribution in [2.75, 3.05) is 0 Å². The molecule has 0 spiro atoms. The molecular formula is C13H14BrCl2N3. The predicted octanol–water partition coefficient (Wildman–Crippen LogP) is 4.41. The molecule has 0 saturated heterocycles. The van der Waals surface area contributed by atoms with Gasteiger partial charge in [0, 0.05) is 16.6 Å². The maximum Gasteiger partial charge on any atom is 0.0749 e. The first-order valence-corrected chi connectivity index (χ1v) is 7.51. The third-order valence-electron chi connectivity index (χ3n) is 2.86. The summed E-state index contributed by atoms with van der Waals surface area (Å²) in [4.78, 5) is 0. The van der Waals surface area contributed by atoms with Crippen LogP contribution in [0.25, 0.3) is 0 Å². The maximum absolute atomic E-state index is 6.33. The summed E-state index contributed by atoms with van der Waals surface area (Å²) in [6.07, 6.45) is 2.75. The molecule has 1 unspecified atom stereocenters. The molecule has 0 saturated carbocycles. The highest BCUT2D eigenvalue weighted by atomic mass is 79.9. The Labute approximate surface area is 130 Å². The van der Waals surface area contributed by atoms with Gasteiger partial charge in [-0.3, -0.25) is 4.68 Å². The fourth-order valence-electron chi connectivity index (χ4n) is 1.97. The summed E-state index contributed by atoms with van der Waals surface area (Å²) in [6.45, 7) is 2.92. The Balaban J connectivity index is 2.43. The average Bonchev–Trinajstić information content (AvgIpc) is 2.70. The standard InChI is InChI=1S/C13H14BrCl2N3/c1-2-5-19-13(10(14)7-18-19)12(17)9-4-3-8(15)6-11(9)16/h3-4,6-7,12H,2,5,17H2,1H3. The van der Waals surface area contributed by atoms with E-state index in [1.54, 1.807) is 18.3 Å². The number of hydrogen-bond donors (Lipinski definition) is 1. The zero-order valence-electron chi connectivity index (χ0n) is 10.4. The van der Waals surface area contributed by atoms with Gasteiger partial charge in [-0.2, -0.15) is 5.10 Å². The summed E-state index contributed by atoms with van der Waals surface area (Å²) in [7, 11) is 0. The van der Waals surface area contributed by atoms with E-state index in [9.17, 15) is 0 Å². The highest BCUT2D eigenvalue weighted by molar-refractivity contribution is 9.10. The minimum Gasteiger partial charge on any atom is -0.319 e. The van der Waals surface area contributed by atoms with E-state index in [0.29, 0.717) is 10.0 Å². The van der Waals surface area contributed by atoms with Gasteiger partial charge in [0.2, 0.25) is 0 Å². The molecule has 2 N–H and O–H groups in total. The van der Waals surface area contributed by atoms with Gasteiger partial charge in [-0.25, -0.2) is 0 Å². The molecule has 0 fully saturated rings. The van der Waals surface area contributed by atoms with Crippen molar-refractivity contribution in [1.29, 1.82) is 0 Å². The fraction of sp³-hybridized carbons (Fsp3) is 0.308. The Morgan fingerprint density at radius 1 is 1.42 bits per heavy atom. The van der Waals surface area contributed by atoms with Gasteiger partial charge in [-0.1, -0.05) is 36.2 Å². The number of halogens is 3. The van der Waals surface area contributed by atoms with Gasteiger partial charge in [0.05, 0.1) is 22.4 Å². The highest BCUT2D eigenvalue weighted by Gasteiger charge is 2.20. The second kappa shape index (κ2) is 6.27. The van der Waals surface area contributed by atoms with E-state index in [0.717, 1.165) is 28.7 Å². The Hall–Kier alpha value is -0.550. The molecule has 2 rings (SSSR count). The molecule has 0 aliphatic heterocycles. The smallest absolute Gasteiger partial charge is 0.0749 e. The van der Waals surface area contributed by atoms with Gasteiger partial charge in [0.1, 0.15) is 0 Å². The van der Waals surface area contributed by atoms with Crippen molar-refractivity contribution in [2.24, 2.45) is 5.73 Å². The second-order valence-corrected chi connectivity index (χ2v) is 5.94. The Kier molecular flexibility index (Phi) is 4.90. The lowest BCUT2D eigenvalue weighted by atomic mass is 10.0. The topological polar surface area (TPSA) is 43.8 Å². The number of nitrogens with two attached hydrogens (primary N) is 1. The van der Waals surface area contributed by atoms with E-state index < -0.39 is 0 Å². The molecule has 2 aromatic rings. The lowest BCUT2D eigenvalue weighted by molar-refractivity contribution is 0.559. The Morgan fingerprint density at radius 2 is 2.16 bits per heavy atom. The third kappa shape index (κ3) is 3.14. The van der Waals surface area contributed by atoms with Crippen molar-refractivity contribution in [3.05, 3.63) is 50.2 Å². The summed E-state index contributed by atoms with van der Waals surface area (Å²) in [6, 6.07) is 5.00. The second-order valence-electron chi connectivity index (χ2n) is 4.24. The lowest BCUT2D eigenvalue weighted by Gasteiger charge is -2.16. The van der Waals surface area contributed by atoms with Crippen LogP contribution in [0.4, 0.5) is 0 Å². The highest BCUT2D eigenvalue weighted by Crippen LogP contribution is 2.32. The van der Waals surface area contributed by atoms with Crippen LogP contribution >= 0.6 is 39.1 Å². The number of benzene rings is 1. The van der Waals surface area contributed by atoms with E-state index in [4.69, 9.17) is 28.9 Å². The van der Waals surface area contributed by atoms with Gasteiger partial charge in [-0.15, -0.1) is 0 Å². The molecule has 0 radical (unpaired) electrons. The molecule has 19 heavy (non-hydrogen) atoms. The maximum atomic E-state index is 6.33. The molecule has 102 valence electrons. The minimum atomic E-state index is -0.340. The molecule has 0 aliphatic rings. The van der Waals surface area contributed by atoms with Crippen LogP contribution in [-0.2, 0) is 6.54 Å². The Morgan fingerprint density at radius 3 is 2.79 bits per heavy atom. The monoisotopic (exact) mass is 361 g/mol. The van der Waals surface area contributed by atoms with Crippen molar-refractivity contribution in [2.45, 2.75) is 25.9 Å². The van der Waals surface area contributed by atoms with Gasteiger partial charge in [-0.05, 0) is 40.0 Å². The van der Waals surface area contributed by atoms with E-state index in [-0.39, 0.29) is 6.04 Å². The van der Waals surface area contributed by atoms with Crippen LogP contribution in [0.5, 0.6) is 0 Å². The Bertz CT molecular complexity index is 583. The molecular weight excluding hydrogens is 349 g/mol. The summed E-state index contributed by atoms with van der Waals surface area (Å²) in [5.74, 6) is 0. The number of nitrogens with zero attached hydrogens (tertiary/aromatic N) is 2. The van der Waals surface area contributed by atoms with Crippen molar-refractivity contribution >= 4 is 39.1 Å². The van der Waals surface area contributed by atoms with Crippen molar-refractivity contribution < 1.29 is 0 Å². The summed E-state index contributed by atoms with van der Waals surface area (Å²) in [5.41, 5.74) is 8.09.